The zero-order valence-corrected chi connectivity index (χ0v) is 11.8. The molecular weight excluding hydrogens is 260 g/mol. The molecule has 0 spiro atoms. The van der Waals surface area contributed by atoms with Crippen LogP contribution in [0.5, 0.6) is 0 Å². The number of hydrogen-bond donors (Lipinski definition) is 0. The summed E-state index contributed by atoms with van der Waals surface area (Å²) in [6.45, 7) is 1.39. The summed E-state index contributed by atoms with van der Waals surface area (Å²) in [7, 11) is 0. The molecule has 0 radical (unpaired) electrons. The average Bonchev–Trinajstić information content (AvgIpc) is 2.98. The molecule has 1 aliphatic carbocycles. The standard InChI is InChI=1S/C19H16O2/c20-19-15(8-7-14-3-1-2-4-18(14)19)9-13-5-6-16-11-21-12-17(16)10-13/h1-6,9-10H,7-8,11-12H2/b15-9-. The molecule has 4 rings (SSSR count). The van der Waals surface area contributed by atoms with Gasteiger partial charge in [0, 0.05) is 11.1 Å². The number of Topliss-reactive ketones (excluding diaryl/α,β-unsaturated/α-hetero) is 1. The Hall–Kier alpha value is -2.19. The minimum absolute atomic E-state index is 0.175. The third kappa shape index (κ3) is 2.22. The van der Waals surface area contributed by atoms with Crippen molar-refractivity contribution < 1.29 is 9.53 Å². The van der Waals surface area contributed by atoms with Gasteiger partial charge in [-0.15, -0.1) is 0 Å². The first-order chi connectivity index (χ1) is 10.3. The van der Waals surface area contributed by atoms with Gasteiger partial charge in [0.1, 0.15) is 0 Å². The van der Waals surface area contributed by atoms with Gasteiger partial charge in [-0.25, -0.2) is 0 Å². The maximum Gasteiger partial charge on any atom is 0.189 e. The normalized spacial score (nSPS) is 18.7. The molecule has 0 N–H and O–H groups in total. The van der Waals surface area contributed by atoms with Crippen molar-refractivity contribution in [3.05, 3.63) is 75.9 Å². The van der Waals surface area contributed by atoms with Gasteiger partial charge in [0.05, 0.1) is 13.2 Å². The highest BCUT2D eigenvalue weighted by atomic mass is 16.5. The molecule has 2 heteroatoms. The summed E-state index contributed by atoms with van der Waals surface area (Å²) in [5, 5.41) is 0. The monoisotopic (exact) mass is 276 g/mol. The lowest BCUT2D eigenvalue weighted by molar-refractivity contribution is 0.102. The molecule has 0 amide bonds. The molecule has 0 fully saturated rings. The molecule has 2 aromatic carbocycles. The summed E-state index contributed by atoms with van der Waals surface area (Å²) >= 11 is 0. The Morgan fingerprint density at radius 3 is 2.71 bits per heavy atom. The van der Waals surface area contributed by atoms with E-state index in [0.29, 0.717) is 13.2 Å². The summed E-state index contributed by atoms with van der Waals surface area (Å²) in [6.07, 6.45) is 3.81. The average molecular weight is 276 g/mol. The van der Waals surface area contributed by atoms with Crippen molar-refractivity contribution in [1.82, 2.24) is 0 Å². The molecule has 0 saturated heterocycles. The van der Waals surface area contributed by atoms with Gasteiger partial charge in [0.15, 0.2) is 5.78 Å². The van der Waals surface area contributed by atoms with Gasteiger partial charge in [0.25, 0.3) is 0 Å². The first kappa shape index (κ1) is 12.5. The van der Waals surface area contributed by atoms with E-state index in [2.05, 4.69) is 24.3 Å². The van der Waals surface area contributed by atoms with Gasteiger partial charge in [-0.05, 0) is 47.2 Å². The van der Waals surface area contributed by atoms with Crippen LogP contribution in [0.3, 0.4) is 0 Å². The third-order valence-corrected chi connectivity index (χ3v) is 4.30. The molecule has 1 aliphatic heterocycles. The Morgan fingerprint density at radius 2 is 1.76 bits per heavy atom. The van der Waals surface area contributed by atoms with Crippen LogP contribution in [0, 0.1) is 0 Å². The molecule has 0 bridgehead atoms. The second kappa shape index (κ2) is 4.97. The van der Waals surface area contributed by atoms with Crippen LogP contribution in [-0.4, -0.2) is 5.78 Å². The maximum absolute atomic E-state index is 12.6. The molecule has 21 heavy (non-hydrogen) atoms. The first-order valence-corrected chi connectivity index (χ1v) is 7.34. The number of allylic oxidation sites excluding steroid dienone is 1. The van der Waals surface area contributed by atoms with Crippen LogP contribution in [0.2, 0.25) is 0 Å². The van der Waals surface area contributed by atoms with Crippen LogP contribution in [0.4, 0.5) is 0 Å². The zero-order valence-electron chi connectivity index (χ0n) is 11.8. The summed E-state index contributed by atoms with van der Waals surface area (Å²) in [6, 6.07) is 14.2. The Labute approximate surface area is 124 Å². The number of ether oxygens (including phenoxy) is 1. The Bertz CT molecular complexity index is 756. The maximum atomic E-state index is 12.6. The summed E-state index contributed by atoms with van der Waals surface area (Å²) in [4.78, 5) is 12.6. The molecular formula is C19H16O2. The van der Waals surface area contributed by atoms with Gasteiger partial charge in [-0.1, -0.05) is 36.4 Å². The number of carbonyl (C=O) groups excluding carboxylic acids is 1. The molecule has 2 aliphatic rings. The van der Waals surface area contributed by atoms with E-state index >= 15 is 0 Å². The number of hydrogen-bond acceptors (Lipinski definition) is 2. The Morgan fingerprint density at radius 1 is 0.905 bits per heavy atom. The van der Waals surface area contributed by atoms with E-state index in [0.717, 1.165) is 29.5 Å². The molecule has 104 valence electrons. The van der Waals surface area contributed by atoms with Gasteiger partial charge in [-0.2, -0.15) is 0 Å². The van der Waals surface area contributed by atoms with Crippen LogP contribution in [0.25, 0.3) is 6.08 Å². The number of carbonyl (C=O) groups is 1. The molecule has 1 heterocycles. The van der Waals surface area contributed by atoms with Crippen molar-refractivity contribution in [2.75, 3.05) is 0 Å². The van der Waals surface area contributed by atoms with E-state index < -0.39 is 0 Å². The topological polar surface area (TPSA) is 26.3 Å². The predicted molar refractivity (Wildman–Crippen MR) is 82.0 cm³/mol. The highest BCUT2D eigenvalue weighted by Gasteiger charge is 2.21. The lowest BCUT2D eigenvalue weighted by Crippen LogP contribution is -2.13. The quantitative estimate of drug-likeness (QED) is 0.738. The van der Waals surface area contributed by atoms with E-state index in [-0.39, 0.29) is 5.78 Å². The molecule has 0 atom stereocenters. The van der Waals surface area contributed by atoms with Crippen LogP contribution >= 0.6 is 0 Å². The number of aryl methyl sites for hydroxylation is 1. The number of rotatable bonds is 1. The van der Waals surface area contributed by atoms with Crippen LogP contribution < -0.4 is 0 Å². The van der Waals surface area contributed by atoms with Crippen molar-refractivity contribution in [3.8, 4) is 0 Å². The van der Waals surface area contributed by atoms with Crippen LogP contribution in [0.1, 0.15) is 39.0 Å². The van der Waals surface area contributed by atoms with Crippen molar-refractivity contribution in [2.24, 2.45) is 0 Å². The van der Waals surface area contributed by atoms with Crippen LogP contribution in [-0.2, 0) is 24.4 Å². The first-order valence-electron chi connectivity index (χ1n) is 7.34. The van der Waals surface area contributed by atoms with E-state index in [1.54, 1.807) is 0 Å². The highest BCUT2D eigenvalue weighted by molar-refractivity contribution is 6.13. The second-order valence-electron chi connectivity index (χ2n) is 5.68. The third-order valence-electron chi connectivity index (χ3n) is 4.30. The van der Waals surface area contributed by atoms with Crippen molar-refractivity contribution >= 4 is 11.9 Å². The van der Waals surface area contributed by atoms with E-state index in [9.17, 15) is 4.79 Å². The predicted octanol–water partition coefficient (Wildman–Crippen LogP) is 3.93. The number of ketones is 1. The molecule has 0 aromatic heterocycles. The fourth-order valence-corrected chi connectivity index (χ4v) is 3.14. The zero-order chi connectivity index (χ0) is 14.2. The lowest BCUT2D eigenvalue weighted by atomic mass is 9.86. The van der Waals surface area contributed by atoms with Gasteiger partial charge < -0.3 is 4.74 Å². The molecule has 2 nitrogen and oxygen atoms in total. The summed E-state index contributed by atoms with van der Waals surface area (Å²) in [5.74, 6) is 0.175. The van der Waals surface area contributed by atoms with Gasteiger partial charge in [0.2, 0.25) is 0 Å². The number of benzene rings is 2. The minimum Gasteiger partial charge on any atom is -0.372 e. The van der Waals surface area contributed by atoms with Crippen molar-refractivity contribution in [2.45, 2.75) is 26.1 Å². The minimum atomic E-state index is 0.175. The van der Waals surface area contributed by atoms with Gasteiger partial charge >= 0.3 is 0 Å². The molecule has 2 aromatic rings. The van der Waals surface area contributed by atoms with Crippen LogP contribution in [0.15, 0.2) is 48.0 Å². The fourth-order valence-electron chi connectivity index (χ4n) is 3.14. The Balaban J connectivity index is 1.69. The largest absolute Gasteiger partial charge is 0.372 e. The van der Waals surface area contributed by atoms with Crippen molar-refractivity contribution in [3.63, 3.8) is 0 Å². The van der Waals surface area contributed by atoms with E-state index in [4.69, 9.17) is 4.74 Å². The lowest BCUT2D eigenvalue weighted by Gasteiger charge is -2.17. The van der Waals surface area contributed by atoms with E-state index in [1.165, 1.54) is 16.7 Å². The SMILES string of the molecule is O=C1/C(=C\c2ccc3c(c2)COC3)CCc2ccccc21. The van der Waals surface area contributed by atoms with Crippen molar-refractivity contribution in [1.29, 1.82) is 0 Å². The number of fused-ring (bicyclic) bond motifs is 2. The van der Waals surface area contributed by atoms with E-state index in [1.807, 2.05) is 24.3 Å². The molecule has 0 unspecified atom stereocenters. The Kier molecular flexibility index (Phi) is 2.97. The summed E-state index contributed by atoms with van der Waals surface area (Å²) in [5.41, 5.74) is 6.54. The summed E-state index contributed by atoms with van der Waals surface area (Å²) < 4.78 is 5.44. The highest BCUT2D eigenvalue weighted by Crippen LogP contribution is 2.28. The smallest absolute Gasteiger partial charge is 0.189 e. The fraction of sp³-hybridized carbons (Fsp3) is 0.211. The second-order valence-corrected chi connectivity index (χ2v) is 5.68. The molecule has 0 saturated carbocycles. The van der Waals surface area contributed by atoms with Gasteiger partial charge in [-0.3, -0.25) is 4.79 Å².